The minimum absolute atomic E-state index is 0.715. The van der Waals surface area contributed by atoms with Crippen molar-refractivity contribution < 1.29 is 4.21 Å². The van der Waals surface area contributed by atoms with Gasteiger partial charge in [0.2, 0.25) is 5.75 Å². The molecule has 0 saturated heterocycles. The molecule has 0 N–H and O–H groups in total. The van der Waals surface area contributed by atoms with Gasteiger partial charge in [-0.15, -0.1) is 0 Å². The third kappa shape index (κ3) is 8.02. The molecule has 0 fully saturated rings. The molecule has 0 amide bonds. The lowest BCUT2D eigenvalue weighted by molar-refractivity contribution is 0.597. The maximum Gasteiger partial charge on any atom is 0.458 e. The van der Waals surface area contributed by atoms with Crippen molar-refractivity contribution in [1.82, 2.24) is 0 Å². The van der Waals surface area contributed by atoms with Crippen LogP contribution in [0.4, 0.5) is 0 Å². The van der Waals surface area contributed by atoms with Gasteiger partial charge >= 0.3 is 11.7 Å². The third-order valence-electron chi connectivity index (χ3n) is 1.58. The van der Waals surface area contributed by atoms with Gasteiger partial charge in [0.05, 0.1) is 0 Å². The van der Waals surface area contributed by atoms with Crippen molar-refractivity contribution in [3.8, 4) is 0 Å². The average molecular weight is 161 g/mol. The Balaban J connectivity index is 2.70. The van der Waals surface area contributed by atoms with Gasteiger partial charge in [-0.2, -0.15) is 0 Å². The molecule has 0 aromatic carbocycles. The van der Waals surface area contributed by atoms with E-state index in [1.54, 1.807) is 0 Å². The lowest BCUT2D eigenvalue weighted by Gasteiger charge is -1.93. The number of rotatable bonds is 7. The van der Waals surface area contributed by atoms with Crippen LogP contribution in [0.3, 0.4) is 0 Å². The molecule has 0 spiro atoms. The van der Waals surface area contributed by atoms with E-state index in [-0.39, 0.29) is 0 Å². The Bertz CT molecular complexity index is 73.7. The van der Waals surface area contributed by atoms with E-state index in [9.17, 15) is 4.21 Å². The van der Waals surface area contributed by atoms with Gasteiger partial charge < -0.3 is 0 Å². The number of unbranched alkanes of at least 4 members (excludes halogenated alkanes) is 5. The van der Waals surface area contributed by atoms with Crippen LogP contribution in [0.25, 0.3) is 0 Å². The van der Waals surface area contributed by atoms with E-state index in [2.05, 4.69) is 6.92 Å². The first-order valence-electron chi connectivity index (χ1n) is 4.16. The fraction of sp³-hybridized carbons (Fsp3) is 1.00. The summed E-state index contributed by atoms with van der Waals surface area (Å²) in [4.78, 5) is 0. The van der Waals surface area contributed by atoms with Crippen LogP contribution >= 0.6 is 0 Å². The molecular weight excluding hydrogens is 144 g/mol. The predicted octanol–water partition coefficient (Wildman–Crippen LogP) is 2.78. The van der Waals surface area contributed by atoms with Crippen molar-refractivity contribution in [1.29, 1.82) is 0 Å². The van der Waals surface area contributed by atoms with E-state index in [1.165, 1.54) is 32.1 Å². The molecule has 60 valence electrons. The second-order valence-corrected chi connectivity index (χ2v) is 3.23. The minimum Gasteiger partial charge on any atom is -0.0654 e. The van der Waals surface area contributed by atoms with Gasteiger partial charge in [0.25, 0.3) is 0 Å². The van der Waals surface area contributed by atoms with Crippen LogP contribution in [0, 0.1) is 0 Å². The second-order valence-electron chi connectivity index (χ2n) is 2.59. The van der Waals surface area contributed by atoms with Crippen LogP contribution in [0.2, 0.25) is 0 Å². The van der Waals surface area contributed by atoms with Gasteiger partial charge in [-0.25, -0.2) is 0 Å². The molecule has 0 rings (SSSR count). The highest BCUT2D eigenvalue weighted by atomic mass is 32.1. The fourth-order valence-corrected chi connectivity index (χ4v) is 1.26. The molecule has 0 aliphatic rings. The first kappa shape index (κ1) is 10.0. The third-order valence-corrected chi connectivity index (χ3v) is 2.04. The summed E-state index contributed by atoms with van der Waals surface area (Å²) < 4.78 is 9.94. The van der Waals surface area contributed by atoms with Crippen LogP contribution in [-0.4, -0.2) is 5.75 Å². The van der Waals surface area contributed by atoms with Crippen molar-refractivity contribution in [2.75, 3.05) is 5.75 Å². The Morgan fingerprint density at radius 2 is 1.60 bits per heavy atom. The van der Waals surface area contributed by atoms with Crippen molar-refractivity contribution in [2.24, 2.45) is 0 Å². The minimum atomic E-state index is 0.715. The van der Waals surface area contributed by atoms with Crippen LogP contribution in [0.15, 0.2) is 0 Å². The highest BCUT2D eigenvalue weighted by Gasteiger charge is 1.96. The van der Waals surface area contributed by atoms with Crippen molar-refractivity contribution in [3.05, 3.63) is 0 Å². The number of hydrogen-bond acceptors (Lipinski definition) is 1. The molecule has 0 aliphatic carbocycles. The molecule has 0 heterocycles. The molecule has 0 bridgehead atoms. The molecule has 0 unspecified atom stereocenters. The monoisotopic (exact) mass is 161 g/mol. The predicted molar refractivity (Wildman–Crippen MR) is 46.3 cm³/mol. The molecule has 10 heavy (non-hydrogen) atoms. The first-order chi connectivity index (χ1) is 4.91. The van der Waals surface area contributed by atoms with Crippen LogP contribution in [-0.2, 0) is 15.9 Å². The van der Waals surface area contributed by atoms with Crippen LogP contribution in [0.5, 0.6) is 0 Å². The molecule has 0 aromatic heterocycles. The fourth-order valence-electron chi connectivity index (χ4n) is 0.941. The molecule has 0 radical (unpaired) electrons. The summed E-state index contributed by atoms with van der Waals surface area (Å²) in [6.07, 6.45) is 7.67. The average Bonchev–Trinajstić information content (AvgIpc) is 1.97. The maximum atomic E-state index is 9.94. The molecular formula is C8H17OS+. The van der Waals surface area contributed by atoms with Crippen LogP contribution < -0.4 is 0 Å². The van der Waals surface area contributed by atoms with E-state index in [1.807, 2.05) is 0 Å². The second kappa shape index (κ2) is 9.02. The quantitative estimate of drug-likeness (QED) is 0.414. The van der Waals surface area contributed by atoms with Crippen molar-refractivity contribution in [3.63, 3.8) is 0 Å². The van der Waals surface area contributed by atoms with E-state index in [0.29, 0.717) is 11.7 Å². The summed E-state index contributed by atoms with van der Waals surface area (Å²) in [5, 5.41) is 0. The standard InChI is InChI=1S/C8H17OS/c1-2-3-4-5-6-7-8-10-9/h2-8H2,1H3/q+1. The lowest BCUT2D eigenvalue weighted by atomic mass is 10.1. The van der Waals surface area contributed by atoms with Crippen molar-refractivity contribution >= 4 is 11.7 Å². The molecule has 2 heteroatoms. The maximum absolute atomic E-state index is 9.94. The van der Waals surface area contributed by atoms with Gasteiger partial charge in [-0.3, -0.25) is 0 Å². The van der Waals surface area contributed by atoms with Crippen LogP contribution in [0.1, 0.15) is 45.4 Å². The summed E-state index contributed by atoms with van der Waals surface area (Å²) >= 11 is 0.715. The zero-order valence-corrected chi connectivity index (χ0v) is 7.58. The van der Waals surface area contributed by atoms with Gasteiger partial charge in [-0.05, 0) is 6.42 Å². The summed E-state index contributed by atoms with van der Waals surface area (Å²) in [7, 11) is 0. The highest BCUT2D eigenvalue weighted by molar-refractivity contribution is 7.65. The molecule has 0 aromatic rings. The molecule has 0 saturated carbocycles. The van der Waals surface area contributed by atoms with E-state index < -0.39 is 0 Å². The normalized spacial score (nSPS) is 9.70. The Labute approximate surface area is 67.7 Å². The van der Waals surface area contributed by atoms with Crippen molar-refractivity contribution in [2.45, 2.75) is 45.4 Å². The zero-order chi connectivity index (χ0) is 7.66. The smallest absolute Gasteiger partial charge is 0.0654 e. The SMILES string of the molecule is CCCCCCCC[S+]=O. The summed E-state index contributed by atoms with van der Waals surface area (Å²) in [6.45, 7) is 2.22. The Hall–Kier alpha value is 0.0200. The Morgan fingerprint density at radius 1 is 1.00 bits per heavy atom. The first-order valence-corrected chi connectivity index (χ1v) is 5.07. The lowest BCUT2D eigenvalue weighted by Crippen LogP contribution is -1.82. The Kier molecular flexibility index (Phi) is 9.04. The largest absolute Gasteiger partial charge is 0.458 e. The van der Waals surface area contributed by atoms with Gasteiger partial charge in [0, 0.05) is 10.6 Å². The topological polar surface area (TPSA) is 17.1 Å². The van der Waals surface area contributed by atoms with Gasteiger partial charge in [0.15, 0.2) is 0 Å². The highest BCUT2D eigenvalue weighted by Crippen LogP contribution is 2.03. The van der Waals surface area contributed by atoms with E-state index in [4.69, 9.17) is 0 Å². The van der Waals surface area contributed by atoms with Gasteiger partial charge in [0.1, 0.15) is 0 Å². The number of hydrogen-bond donors (Lipinski definition) is 0. The summed E-state index contributed by atoms with van der Waals surface area (Å²) in [6, 6.07) is 0. The summed E-state index contributed by atoms with van der Waals surface area (Å²) in [5.41, 5.74) is 0. The van der Waals surface area contributed by atoms with E-state index >= 15 is 0 Å². The van der Waals surface area contributed by atoms with E-state index in [0.717, 1.165) is 12.2 Å². The summed E-state index contributed by atoms with van der Waals surface area (Å²) in [5.74, 6) is 0.798. The molecule has 1 nitrogen and oxygen atoms in total. The van der Waals surface area contributed by atoms with Gasteiger partial charge in [-0.1, -0.05) is 32.6 Å². The molecule has 0 aliphatic heterocycles. The Morgan fingerprint density at radius 3 is 2.20 bits per heavy atom. The molecule has 0 atom stereocenters. The zero-order valence-electron chi connectivity index (χ0n) is 6.77.